The van der Waals surface area contributed by atoms with Gasteiger partial charge in [0.25, 0.3) is 0 Å². The fourth-order valence-electron chi connectivity index (χ4n) is 3.44. The summed E-state index contributed by atoms with van der Waals surface area (Å²) in [5, 5.41) is 11.0. The van der Waals surface area contributed by atoms with E-state index in [4.69, 9.17) is 10.5 Å². The van der Waals surface area contributed by atoms with Gasteiger partial charge in [-0.3, -0.25) is 0 Å². The first-order valence-corrected chi connectivity index (χ1v) is 9.67. The third-order valence-corrected chi connectivity index (χ3v) is 5.71. The fourth-order valence-corrected chi connectivity index (χ4v) is 4.40. The summed E-state index contributed by atoms with van der Waals surface area (Å²) in [7, 11) is 0. The number of benzene rings is 2. The first-order valence-electron chi connectivity index (χ1n) is 8.85. The van der Waals surface area contributed by atoms with Crippen molar-refractivity contribution in [3.05, 3.63) is 53.7 Å². The predicted octanol–water partition coefficient (Wildman–Crippen LogP) is 4.83. The van der Waals surface area contributed by atoms with Crippen LogP contribution in [-0.4, -0.2) is 16.2 Å². The molecule has 0 amide bonds. The highest BCUT2D eigenvalue weighted by Crippen LogP contribution is 2.41. The van der Waals surface area contributed by atoms with Gasteiger partial charge >= 0.3 is 0 Å². The Hall–Kier alpha value is -2.37. The van der Waals surface area contributed by atoms with Gasteiger partial charge in [0, 0.05) is 11.8 Å². The Labute approximate surface area is 157 Å². The summed E-state index contributed by atoms with van der Waals surface area (Å²) in [6.07, 6.45) is 3.37. The number of aromatic nitrogens is 1. The van der Waals surface area contributed by atoms with Crippen molar-refractivity contribution >= 4 is 17.0 Å². The Kier molecular flexibility index (Phi) is 4.42. The van der Waals surface area contributed by atoms with Crippen molar-refractivity contribution < 1.29 is 9.84 Å². The lowest BCUT2D eigenvalue weighted by molar-refractivity contribution is 0.180. The van der Waals surface area contributed by atoms with Gasteiger partial charge in [-0.15, -0.1) is 11.3 Å². The maximum absolute atomic E-state index is 10.1. The van der Waals surface area contributed by atoms with Crippen molar-refractivity contribution in [3.63, 3.8) is 0 Å². The van der Waals surface area contributed by atoms with Gasteiger partial charge in [0.2, 0.25) is 0 Å². The monoisotopic (exact) mass is 366 g/mol. The van der Waals surface area contributed by atoms with Crippen molar-refractivity contribution in [1.82, 2.24) is 4.98 Å². The maximum atomic E-state index is 10.1. The van der Waals surface area contributed by atoms with Crippen molar-refractivity contribution in [3.8, 4) is 26.8 Å². The van der Waals surface area contributed by atoms with Crippen LogP contribution in [0.1, 0.15) is 37.5 Å². The van der Waals surface area contributed by atoms with Gasteiger partial charge < -0.3 is 15.6 Å². The summed E-state index contributed by atoms with van der Waals surface area (Å²) in [6, 6.07) is 12.0. The molecule has 4 nitrogen and oxygen atoms in total. The molecule has 1 heterocycles. The number of rotatable bonds is 4. The molecular formula is C21H22N2O2S. The minimum atomic E-state index is -0.342. The fraction of sp³-hybridized carbons (Fsp3) is 0.286. The number of nitrogen functional groups attached to an aromatic ring is 1. The molecule has 0 spiro atoms. The van der Waals surface area contributed by atoms with Gasteiger partial charge in [-0.05, 0) is 61.6 Å². The van der Waals surface area contributed by atoms with Gasteiger partial charge in [-0.2, -0.15) is 0 Å². The largest absolute Gasteiger partial charge is 0.489 e. The van der Waals surface area contributed by atoms with Gasteiger partial charge in [-0.1, -0.05) is 18.2 Å². The standard InChI is InChI=1S/C21H22N2O2S/c1-12(2)25-19-9-6-13(10-17(19)22)21-23-11-20(26-21)16-5-3-4-15-14(16)7-8-18(15)24/h3-6,9-12,18,24H,7-8,22H2,1-2H3. The molecule has 1 aliphatic rings. The third kappa shape index (κ3) is 3.08. The first-order chi connectivity index (χ1) is 12.5. The Morgan fingerprint density at radius 3 is 2.88 bits per heavy atom. The first kappa shape index (κ1) is 17.1. The molecule has 0 fully saturated rings. The number of nitrogens with two attached hydrogens (primary N) is 1. The lowest BCUT2D eigenvalue weighted by Crippen LogP contribution is -2.07. The van der Waals surface area contributed by atoms with Crippen LogP contribution in [-0.2, 0) is 6.42 Å². The molecule has 0 saturated carbocycles. The van der Waals surface area contributed by atoms with Crippen LogP contribution in [0.3, 0.4) is 0 Å². The molecule has 26 heavy (non-hydrogen) atoms. The number of hydrogen-bond donors (Lipinski definition) is 2. The Balaban J connectivity index is 1.67. The molecule has 0 bridgehead atoms. The average Bonchev–Trinajstić information content (AvgIpc) is 3.24. The highest BCUT2D eigenvalue weighted by Gasteiger charge is 2.23. The smallest absolute Gasteiger partial charge is 0.142 e. The zero-order valence-electron chi connectivity index (χ0n) is 14.9. The van der Waals surface area contributed by atoms with Crippen LogP contribution in [0.25, 0.3) is 21.0 Å². The molecule has 3 aromatic rings. The van der Waals surface area contributed by atoms with Crippen LogP contribution < -0.4 is 10.5 Å². The quantitative estimate of drug-likeness (QED) is 0.649. The minimum Gasteiger partial charge on any atom is -0.489 e. The van der Waals surface area contributed by atoms with Gasteiger partial charge in [0.15, 0.2) is 0 Å². The second kappa shape index (κ2) is 6.74. The summed E-state index contributed by atoms with van der Waals surface area (Å²) >= 11 is 1.65. The Morgan fingerprint density at radius 2 is 2.12 bits per heavy atom. The second-order valence-electron chi connectivity index (χ2n) is 6.88. The number of fused-ring (bicyclic) bond motifs is 1. The van der Waals surface area contributed by atoms with E-state index in [9.17, 15) is 5.11 Å². The number of thiazole rings is 1. The van der Waals surface area contributed by atoms with E-state index in [0.717, 1.165) is 33.9 Å². The van der Waals surface area contributed by atoms with E-state index in [1.807, 2.05) is 50.4 Å². The Morgan fingerprint density at radius 1 is 1.27 bits per heavy atom. The molecule has 1 aliphatic carbocycles. The molecule has 1 unspecified atom stereocenters. The summed E-state index contributed by atoms with van der Waals surface area (Å²) in [5.74, 6) is 0.704. The minimum absolute atomic E-state index is 0.0881. The zero-order valence-corrected chi connectivity index (χ0v) is 15.7. The van der Waals surface area contributed by atoms with E-state index in [0.29, 0.717) is 11.4 Å². The number of nitrogens with zero attached hydrogens (tertiary/aromatic N) is 1. The zero-order chi connectivity index (χ0) is 18.3. The molecule has 5 heteroatoms. The van der Waals surface area contributed by atoms with Crippen molar-refractivity contribution in [1.29, 1.82) is 0 Å². The number of ether oxygens (including phenoxy) is 1. The van der Waals surface area contributed by atoms with Crippen molar-refractivity contribution in [2.24, 2.45) is 0 Å². The van der Waals surface area contributed by atoms with Gasteiger partial charge in [-0.25, -0.2) is 4.98 Å². The molecule has 0 radical (unpaired) electrons. The molecule has 0 saturated heterocycles. The van der Waals surface area contributed by atoms with Crippen molar-refractivity contribution in [2.45, 2.75) is 38.9 Å². The molecular weight excluding hydrogens is 344 g/mol. The molecule has 0 aliphatic heterocycles. The molecule has 1 aromatic heterocycles. The summed E-state index contributed by atoms with van der Waals surface area (Å²) in [6.45, 7) is 3.96. The normalized spacial score (nSPS) is 16.1. The maximum Gasteiger partial charge on any atom is 0.142 e. The van der Waals surface area contributed by atoms with E-state index in [1.165, 1.54) is 11.1 Å². The van der Waals surface area contributed by atoms with Crippen molar-refractivity contribution in [2.75, 3.05) is 5.73 Å². The topological polar surface area (TPSA) is 68.4 Å². The summed E-state index contributed by atoms with van der Waals surface area (Å²) < 4.78 is 5.71. The van der Waals surface area contributed by atoms with Crippen LogP contribution in [0.5, 0.6) is 5.75 Å². The Bertz CT molecular complexity index is 949. The predicted molar refractivity (Wildman–Crippen MR) is 106 cm³/mol. The number of aliphatic hydroxyl groups excluding tert-OH is 1. The van der Waals surface area contributed by atoms with E-state index >= 15 is 0 Å². The van der Waals surface area contributed by atoms with Crippen LogP contribution >= 0.6 is 11.3 Å². The van der Waals surface area contributed by atoms with Gasteiger partial charge in [0.1, 0.15) is 10.8 Å². The third-order valence-electron chi connectivity index (χ3n) is 4.63. The van der Waals surface area contributed by atoms with Crippen LogP contribution in [0.4, 0.5) is 5.69 Å². The number of hydrogen-bond acceptors (Lipinski definition) is 5. The number of anilines is 1. The highest BCUT2D eigenvalue weighted by atomic mass is 32.1. The average molecular weight is 366 g/mol. The lowest BCUT2D eigenvalue weighted by atomic mass is 10.0. The molecule has 1 atom stereocenters. The van der Waals surface area contributed by atoms with Crippen LogP contribution in [0, 0.1) is 0 Å². The van der Waals surface area contributed by atoms with Crippen LogP contribution in [0.15, 0.2) is 42.6 Å². The van der Waals surface area contributed by atoms with E-state index < -0.39 is 0 Å². The molecule has 134 valence electrons. The SMILES string of the molecule is CC(C)Oc1ccc(-c2ncc(-c3cccc4c3CCC4O)s2)cc1N. The van der Waals surface area contributed by atoms with Crippen LogP contribution in [0.2, 0.25) is 0 Å². The van der Waals surface area contributed by atoms with E-state index in [1.54, 1.807) is 11.3 Å². The lowest BCUT2D eigenvalue weighted by Gasteiger charge is -2.12. The number of aliphatic hydroxyl groups is 1. The van der Waals surface area contributed by atoms with E-state index in [-0.39, 0.29) is 12.2 Å². The molecule has 3 N–H and O–H groups in total. The van der Waals surface area contributed by atoms with E-state index in [2.05, 4.69) is 11.1 Å². The highest BCUT2D eigenvalue weighted by molar-refractivity contribution is 7.18. The molecule has 4 rings (SSSR count). The van der Waals surface area contributed by atoms with Gasteiger partial charge in [0.05, 0.1) is 22.8 Å². The summed E-state index contributed by atoms with van der Waals surface area (Å²) in [4.78, 5) is 5.72. The second-order valence-corrected chi connectivity index (χ2v) is 7.91. The summed E-state index contributed by atoms with van der Waals surface area (Å²) in [5.41, 5.74) is 11.2. The molecule has 2 aromatic carbocycles.